The SMILES string of the molecule is ON=C1CCN(Cc2ccc3ncccc3c2)CC1. The lowest BCUT2D eigenvalue weighted by Crippen LogP contribution is -2.33. The molecule has 0 unspecified atom stereocenters. The van der Waals surface area contributed by atoms with Crippen molar-refractivity contribution in [3.63, 3.8) is 0 Å². The van der Waals surface area contributed by atoms with Crippen LogP contribution in [0.4, 0.5) is 0 Å². The molecule has 19 heavy (non-hydrogen) atoms. The topological polar surface area (TPSA) is 48.7 Å². The molecule has 0 amide bonds. The van der Waals surface area contributed by atoms with Crippen molar-refractivity contribution in [2.75, 3.05) is 13.1 Å². The number of pyridine rings is 1. The minimum atomic E-state index is 0.867. The number of hydrogen-bond acceptors (Lipinski definition) is 4. The molecule has 2 heterocycles. The van der Waals surface area contributed by atoms with E-state index in [-0.39, 0.29) is 0 Å². The molecule has 0 bridgehead atoms. The monoisotopic (exact) mass is 255 g/mol. The van der Waals surface area contributed by atoms with Crippen molar-refractivity contribution in [3.05, 3.63) is 42.1 Å². The summed E-state index contributed by atoms with van der Waals surface area (Å²) >= 11 is 0. The summed E-state index contributed by atoms with van der Waals surface area (Å²) in [6.07, 6.45) is 3.56. The van der Waals surface area contributed by atoms with E-state index >= 15 is 0 Å². The van der Waals surface area contributed by atoms with E-state index in [0.717, 1.165) is 43.7 Å². The predicted molar refractivity (Wildman–Crippen MR) is 75.5 cm³/mol. The van der Waals surface area contributed by atoms with Gasteiger partial charge in [0.05, 0.1) is 11.2 Å². The number of rotatable bonds is 2. The van der Waals surface area contributed by atoms with Gasteiger partial charge in [0, 0.05) is 44.1 Å². The Balaban J connectivity index is 1.71. The third-order valence-electron chi connectivity index (χ3n) is 3.65. The molecule has 0 atom stereocenters. The molecule has 1 fully saturated rings. The highest BCUT2D eigenvalue weighted by Crippen LogP contribution is 2.16. The van der Waals surface area contributed by atoms with E-state index in [1.54, 1.807) is 0 Å². The normalized spacial score (nSPS) is 16.7. The van der Waals surface area contributed by atoms with E-state index < -0.39 is 0 Å². The Morgan fingerprint density at radius 1 is 1.21 bits per heavy atom. The summed E-state index contributed by atoms with van der Waals surface area (Å²) in [6, 6.07) is 10.5. The average molecular weight is 255 g/mol. The van der Waals surface area contributed by atoms with Gasteiger partial charge in [-0.2, -0.15) is 0 Å². The van der Waals surface area contributed by atoms with Gasteiger partial charge in [0.2, 0.25) is 0 Å². The molecule has 98 valence electrons. The molecule has 0 spiro atoms. The van der Waals surface area contributed by atoms with Gasteiger partial charge in [0.25, 0.3) is 0 Å². The lowest BCUT2D eigenvalue weighted by atomic mass is 10.1. The summed E-state index contributed by atoms with van der Waals surface area (Å²) in [4.78, 5) is 6.73. The first kappa shape index (κ1) is 12.1. The summed E-state index contributed by atoms with van der Waals surface area (Å²) in [5.41, 5.74) is 3.27. The first-order valence-electron chi connectivity index (χ1n) is 6.61. The van der Waals surface area contributed by atoms with Gasteiger partial charge in [-0.1, -0.05) is 17.3 Å². The summed E-state index contributed by atoms with van der Waals surface area (Å²) in [6.45, 7) is 2.87. The number of nitrogens with zero attached hydrogens (tertiary/aromatic N) is 3. The number of hydrogen-bond donors (Lipinski definition) is 1. The van der Waals surface area contributed by atoms with Gasteiger partial charge in [-0.05, 0) is 23.8 Å². The van der Waals surface area contributed by atoms with Gasteiger partial charge in [0.1, 0.15) is 0 Å². The largest absolute Gasteiger partial charge is 0.411 e. The molecule has 2 aromatic rings. The Kier molecular flexibility index (Phi) is 3.42. The number of fused-ring (bicyclic) bond motifs is 1. The standard InChI is InChI=1S/C15H17N3O/c19-17-14-5-8-18(9-6-14)11-12-3-4-15-13(10-12)2-1-7-16-15/h1-4,7,10,19H,5-6,8-9,11H2. The van der Waals surface area contributed by atoms with Gasteiger partial charge >= 0.3 is 0 Å². The fraction of sp³-hybridized carbons (Fsp3) is 0.333. The fourth-order valence-electron chi connectivity index (χ4n) is 2.55. The molecule has 0 saturated carbocycles. The van der Waals surface area contributed by atoms with E-state index in [1.807, 2.05) is 12.3 Å². The smallest absolute Gasteiger partial charge is 0.0702 e. The molecule has 4 nitrogen and oxygen atoms in total. The molecule has 1 aromatic heterocycles. The maximum absolute atomic E-state index is 8.75. The van der Waals surface area contributed by atoms with Crippen LogP contribution in [0.2, 0.25) is 0 Å². The minimum absolute atomic E-state index is 0.867. The molecule has 1 aliphatic rings. The Morgan fingerprint density at radius 3 is 2.84 bits per heavy atom. The number of benzene rings is 1. The third-order valence-corrected chi connectivity index (χ3v) is 3.65. The van der Waals surface area contributed by atoms with Gasteiger partial charge in [-0.15, -0.1) is 0 Å². The second-order valence-corrected chi connectivity index (χ2v) is 4.97. The number of likely N-dealkylation sites (tertiary alicyclic amines) is 1. The predicted octanol–water partition coefficient (Wildman–Crippen LogP) is 2.66. The van der Waals surface area contributed by atoms with Crippen LogP contribution in [0.25, 0.3) is 10.9 Å². The van der Waals surface area contributed by atoms with Crippen LogP contribution in [0, 0.1) is 0 Å². The number of oxime groups is 1. The maximum atomic E-state index is 8.75. The zero-order valence-corrected chi connectivity index (χ0v) is 10.8. The fourth-order valence-corrected chi connectivity index (χ4v) is 2.55. The Morgan fingerprint density at radius 2 is 2.05 bits per heavy atom. The molecule has 1 saturated heterocycles. The zero-order valence-electron chi connectivity index (χ0n) is 10.8. The summed E-state index contributed by atoms with van der Waals surface area (Å²) < 4.78 is 0. The van der Waals surface area contributed by atoms with Crippen molar-refractivity contribution >= 4 is 16.6 Å². The number of aromatic nitrogens is 1. The van der Waals surface area contributed by atoms with E-state index in [9.17, 15) is 0 Å². The van der Waals surface area contributed by atoms with Crippen molar-refractivity contribution in [1.82, 2.24) is 9.88 Å². The highest BCUT2D eigenvalue weighted by Gasteiger charge is 2.15. The summed E-state index contributed by atoms with van der Waals surface area (Å²) in [5.74, 6) is 0. The van der Waals surface area contributed by atoms with Crippen LogP contribution in [0.1, 0.15) is 18.4 Å². The second kappa shape index (κ2) is 5.36. The third kappa shape index (κ3) is 2.74. The van der Waals surface area contributed by atoms with Crippen molar-refractivity contribution < 1.29 is 5.21 Å². The van der Waals surface area contributed by atoms with Crippen molar-refractivity contribution in [1.29, 1.82) is 0 Å². The molecule has 3 rings (SSSR count). The Labute approximate surface area is 112 Å². The molecule has 4 heteroatoms. The van der Waals surface area contributed by atoms with E-state index in [1.165, 1.54) is 10.9 Å². The molecule has 1 N–H and O–H groups in total. The van der Waals surface area contributed by atoms with Gasteiger partial charge in [-0.25, -0.2) is 0 Å². The second-order valence-electron chi connectivity index (χ2n) is 4.97. The molecular weight excluding hydrogens is 238 g/mol. The molecule has 0 aliphatic carbocycles. The van der Waals surface area contributed by atoms with Crippen LogP contribution in [0.3, 0.4) is 0 Å². The van der Waals surface area contributed by atoms with Crippen LogP contribution in [-0.2, 0) is 6.54 Å². The Hall–Kier alpha value is -1.94. The average Bonchev–Trinajstić information content (AvgIpc) is 2.48. The molecular formula is C15H17N3O. The van der Waals surface area contributed by atoms with E-state index in [2.05, 4.69) is 39.3 Å². The van der Waals surface area contributed by atoms with Crippen LogP contribution >= 0.6 is 0 Å². The van der Waals surface area contributed by atoms with Crippen LogP contribution < -0.4 is 0 Å². The van der Waals surface area contributed by atoms with Crippen LogP contribution in [-0.4, -0.2) is 33.9 Å². The first-order valence-corrected chi connectivity index (χ1v) is 6.61. The van der Waals surface area contributed by atoms with Gasteiger partial charge in [0.15, 0.2) is 0 Å². The van der Waals surface area contributed by atoms with Crippen LogP contribution in [0.15, 0.2) is 41.7 Å². The number of piperidine rings is 1. The molecule has 1 aliphatic heterocycles. The van der Waals surface area contributed by atoms with Gasteiger partial charge < -0.3 is 5.21 Å². The Bertz CT molecular complexity index is 599. The summed E-state index contributed by atoms with van der Waals surface area (Å²) in [7, 11) is 0. The lowest BCUT2D eigenvalue weighted by Gasteiger charge is -2.27. The van der Waals surface area contributed by atoms with Gasteiger partial charge in [-0.3, -0.25) is 9.88 Å². The van der Waals surface area contributed by atoms with E-state index in [4.69, 9.17) is 5.21 Å². The minimum Gasteiger partial charge on any atom is -0.411 e. The van der Waals surface area contributed by atoms with Crippen molar-refractivity contribution in [2.24, 2.45) is 5.16 Å². The maximum Gasteiger partial charge on any atom is 0.0702 e. The first-order chi connectivity index (χ1) is 9.35. The lowest BCUT2D eigenvalue weighted by molar-refractivity contribution is 0.256. The highest BCUT2D eigenvalue weighted by atomic mass is 16.4. The molecule has 0 radical (unpaired) electrons. The van der Waals surface area contributed by atoms with E-state index in [0.29, 0.717) is 0 Å². The van der Waals surface area contributed by atoms with Crippen molar-refractivity contribution in [3.8, 4) is 0 Å². The quantitative estimate of drug-likeness (QED) is 0.663. The highest BCUT2D eigenvalue weighted by molar-refractivity contribution is 5.84. The molecule has 1 aromatic carbocycles. The van der Waals surface area contributed by atoms with Crippen molar-refractivity contribution in [2.45, 2.75) is 19.4 Å². The van der Waals surface area contributed by atoms with Crippen LogP contribution in [0.5, 0.6) is 0 Å². The zero-order chi connectivity index (χ0) is 13.1. The summed E-state index contributed by atoms with van der Waals surface area (Å²) in [5, 5.41) is 13.2.